The van der Waals surface area contributed by atoms with E-state index in [9.17, 15) is 29.8 Å². The predicted molar refractivity (Wildman–Crippen MR) is 122 cm³/mol. The van der Waals surface area contributed by atoms with Crippen molar-refractivity contribution in [2.75, 3.05) is 0 Å². The van der Waals surface area contributed by atoms with Crippen LogP contribution >= 0.6 is 0 Å². The monoisotopic (exact) mass is 503 g/mol. The molecule has 0 N–H and O–H groups in total. The van der Waals surface area contributed by atoms with Gasteiger partial charge < -0.3 is 0 Å². The number of aliphatic imine (C=N–C) groups is 2. The summed E-state index contributed by atoms with van der Waals surface area (Å²) in [6.07, 6.45) is 0.605. The molecule has 2 rings (SSSR count). The van der Waals surface area contributed by atoms with E-state index in [1.54, 1.807) is 38.1 Å². The van der Waals surface area contributed by atoms with E-state index in [-0.39, 0.29) is 40.0 Å². The molecule has 0 unspecified atom stereocenters. The topological polar surface area (TPSA) is 145 Å². The van der Waals surface area contributed by atoms with Crippen LogP contribution in [0.4, 0.5) is 22.7 Å². The van der Waals surface area contributed by atoms with Gasteiger partial charge in [-0.3, -0.25) is 39.8 Å². The van der Waals surface area contributed by atoms with Crippen LogP contribution in [-0.4, -0.2) is 32.8 Å². The van der Waals surface area contributed by atoms with Crippen LogP contribution in [0.3, 0.4) is 0 Å². The summed E-state index contributed by atoms with van der Waals surface area (Å²) in [6, 6.07) is 11.8. The second kappa shape index (κ2) is 14.5. The minimum atomic E-state index is -0.462. The van der Waals surface area contributed by atoms with E-state index < -0.39 is 9.85 Å². The molecule has 0 aromatic heterocycles. The molecule has 0 atom stereocenters. The molecule has 10 nitrogen and oxygen atoms in total. The maximum atomic E-state index is 10.8. The molecule has 2 aromatic rings. The number of benzene rings is 2. The maximum absolute atomic E-state index is 10.8. The van der Waals surface area contributed by atoms with Gasteiger partial charge in [-0.05, 0) is 52.0 Å². The summed E-state index contributed by atoms with van der Waals surface area (Å²) in [6.45, 7) is 6.50. The average molecular weight is 504 g/mol. The molecule has 0 amide bonds. The zero-order valence-electron chi connectivity index (χ0n) is 18.6. The summed E-state index contributed by atoms with van der Waals surface area (Å²) < 4.78 is 0. The maximum Gasteiger partial charge on any atom is 0.269 e. The summed E-state index contributed by atoms with van der Waals surface area (Å²) in [5.74, 6) is 0.0892. The van der Waals surface area contributed by atoms with Gasteiger partial charge in [0.1, 0.15) is 11.6 Å². The van der Waals surface area contributed by atoms with E-state index in [4.69, 9.17) is 0 Å². The molecule has 0 saturated heterocycles. The third-order valence-electron chi connectivity index (χ3n) is 3.77. The number of ketones is 2. The molecular weight excluding hydrogens is 480 g/mol. The molecule has 0 spiro atoms. The van der Waals surface area contributed by atoms with Crippen molar-refractivity contribution in [3.8, 4) is 0 Å². The van der Waals surface area contributed by atoms with Crippen molar-refractivity contribution in [2.24, 2.45) is 9.98 Å². The molecule has 0 heterocycles. The molecular formula is C22H24CuN4O6. The van der Waals surface area contributed by atoms with E-state index in [1.165, 1.54) is 38.1 Å². The van der Waals surface area contributed by atoms with Gasteiger partial charge in [-0.2, -0.15) is 0 Å². The van der Waals surface area contributed by atoms with Crippen molar-refractivity contribution in [1.82, 2.24) is 0 Å². The minimum absolute atomic E-state index is 0. The molecule has 0 bridgehead atoms. The number of nitro groups is 2. The Morgan fingerprint density at radius 1 is 0.667 bits per heavy atom. The van der Waals surface area contributed by atoms with Gasteiger partial charge in [0.05, 0.1) is 21.2 Å². The second-order valence-electron chi connectivity index (χ2n) is 7.00. The summed E-state index contributed by atoms with van der Waals surface area (Å²) in [5.41, 5.74) is 2.68. The SMILES string of the molecule is CC(=O)CC(C)=Nc1ccc([N+](=O)[O-])cc1.CC(=O)CC(C)=Nc1ccc([N+](=O)[O-])cc1.[Cu]. The van der Waals surface area contributed by atoms with Crippen molar-refractivity contribution in [1.29, 1.82) is 0 Å². The van der Waals surface area contributed by atoms with Crippen LogP contribution in [0.2, 0.25) is 0 Å². The molecule has 33 heavy (non-hydrogen) atoms. The first-order valence-electron chi connectivity index (χ1n) is 9.54. The third kappa shape index (κ3) is 12.2. The van der Waals surface area contributed by atoms with Crippen LogP contribution in [0.25, 0.3) is 0 Å². The van der Waals surface area contributed by atoms with Crippen LogP contribution in [0, 0.1) is 20.2 Å². The average Bonchev–Trinajstić information content (AvgIpc) is 2.68. The Kier molecular flexibility index (Phi) is 12.9. The first kappa shape index (κ1) is 29.4. The van der Waals surface area contributed by atoms with Gasteiger partial charge in [0.25, 0.3) is 11.4 Å². The fourth-order valence-electron chi connectivity index (χ4n) is 2.54. The Bertz CT molecular complexity index is 962. The number of non-ortho nitro benzene ring substituents is 2. The normalized spacial score (nSPS) is 10.9. The Labute approximate surface area is 201 Å². The fourth-order valence-corrected chi connectivity index (χ4v) is 2.54. The largest absolute Gasteiger partial charge is 0.300 e. The quantitative estimate of drug-likeness (QED) is 0.206. The van der Waals surface area contributed by atoms with Crippen LogP contribution in [0.1, 0.15) is 40.5 Å². The zero-order valence-corrected chi connectivity index (χ0v) is 19.5. The predicted octanol–water partition coefficient (Wildman–Crippen LogP) is 5.33. The molecule has 0 aliphatic carbocycles. The van der Waals surface area contributed by atoms with Crippen molar-refractivity contribution in [3.05, 3.63) is 68.8 Å². The van der Waals surface area contributed by atoms with Crippen LogP contribution in [-0.2, 0) is 26.7 Å². The molecule has 0 aliphatic rings. The fraction of sp³-hybridized carbons (Fsp3) is 0.273. The number of carbonyl (C=O) groups is 2. The Balaban J connectivity index is 0.000000602. The van der Waals surface area contributed by atoms with E-state index in [1.807, 2.05) is 0 Å². The number of Topliss-reactive ketones (excluding diaryl/α,β-unsaturated/α-hetero) is 2. The van der Waals surface area contributed by atoms with Gasteiger partial charge in [-0.1, -0.05) is 0 Å². The van der Waals surface area contributed by atoms with Crippen LogP contribution in [0.5, 0.6) is 0 Å². The molecule has 0 aliphatic heterocycles. The Morgan fingerprint density at radius 3 is 1.15 bits per heavy atom. The van der Waals surface area contributed by atoms with E-state index >= 15 is 0 Å². The standard InChI is InChI=1S/2C11H12N2O3.Cu/c2*1-8(7-9(2)14)12-10-3-5-11(6-4-10)13(15)16;/h2*3-6H,7H2,1-2H3;. The summed E-state index contributed by atoms with van der Waals surface area (Å²) in [7, 11) is 0. The summed E-state index contributed by atoms with van der Waals surface area (Å²) in [5, 5.41) is 20.8. The second-order valence-corrected chi connectivity index (χ2v) is 7.00. The minimum Gasteiger partial charge on any atom is -0.300 e. The van der Waals surface area contributed by atoms with Crippen molar-refractivity contribution in [2.45, 2.75) is 40.5 Å². The molecule has 179 valence electrons. The molecule has 0 saturated carbocycles. The third-order valence-corrected chi connectivity index (χ3v) is 3.77. The van der Waals surface area contributed by atoms with Gasteiger partial charge in [0, 0.05) is 65.6 Å². The Morgan fingerprint density at radius 2 is 0.939 bits per heavy atom. The van der Waals surface area contributed by atoms with Crippen LogP contribution < -0.4 is 0 Å². The van der Waals surface area contributed by atoms with Gasteiger partial charge in [-0.15, -0.1) is 0 Å². The van der Waals surface area contributed by atoms with Gasteiger partial charge in [-0.25, -0.2) is 0 Å². The van der Waals surface area contributed by atoms with E-state index in [0.29, 0.717) is 35.6 Å². The zero-order chi connectivity index (χ0) is 24.3. The number of rotatable bonds is 8. The number of nitrogens with zero attached hydrogens (tertiary/aromatic N) is 4. The van der Waals surface area contributed by atoms with Gasteiger partial charge in [0.15, 0.2) is 0 Å². The van der Waals surface area contributed by atoms with Crippen molar-refractivity contribution >= 4 is 45.7 Å². The summed E-state index contributed by atoms with van der Waals surface area (Å²) in [4.78, 5) is 49.9. The number of hydrogen-bond donors (Lipinski definition) is 0. The van der Waals surface area contributed by atoms with Gasteiger partial charge >= 0.3 is 0 Å². The van der Waals surface area contributed by atoms with Crippen molar-refractivity contribution < 1.29 is 36.5 Å². The first-order valence-corrected chi connectivity index (χ1v) is 9.54. The number of carbonyl (C=O) groups excluding carboxylic acids is 2. The van der Waals surface area contributed by atoms with Gasteiger partial charge in [0.2, 0.25) is 0 Å². The van der Waals surface area contributed by atoms with E-state index in [0.717, 1.165) is 0 Å². The molecule has 11 heteroatoms. The summed E-state index contributed by atoms with van der Waals surface area (Å²) >= 11 is 0. The molecule has 2 aromatic carbocycles. The molecule has 0 fully saturated rings. The van der Waals surface area contributed by atoms with Crippen molar-refractivity contribution in [3.63, 3.8) is 0 Å². The van der Waals surface area contributed by atoms with Crippen LogP contribution in [0.15, 0.2) is 58.5 Å². The smallest absolute Gasteiger partial charge is 0.269 e. The number of nitro benzene ring substituents is 2. The number of hydrogen-bond acceptors (Lipinski definition) is 8. The van der Waals surface area contributed by atoms with E-state index in [2.05, 4.69) is 9.98 Å². The molecule has 1 radical (unpaired) electrons. The first-order chi connectivity index (χ1) is 15.0. The Hall–Kier alpha value is -3.56.